The second kappa shape index (κ2) is 7.93. The first-order valence-corrected chi connectivity index (χ1v) is 7.08. The smallest absolute Gasteiger partial charge is 0.359 e. The van der Waals surface area contributed by atoms with Crippen molar-refractivity contribution in [2.75, 3.05) is 0 Å². The van der Waals surface area contributed by atoms with E-state index in [-0.39, 0.29) is 6.42 Å². The van der Waals surface area contributed by atoms with Crippen molar-refractivity contribution in [3.63, 3.8) is 0 Å². The van der Waals surface area contributed by atoms with Crippen LogP contribution in [0.3, 0.4) is 0 Å². The molecule has 1 aromatic carbocycles. The highest BCUT2D eigenvalue weighted by Gasteiger charge is 2.28. The zero-order valence-electron chi connectivity index (χ0n) is 12.3. The second-order valence-electron chi connectivity index (χ2n) is 4.61. The van der Waals surface area contributed by atoms with Crippen LogP contribution in [0.2, 0.25) is 0 Å². The maximum atomic E-state index is 12.3. The lowest BCUT2D eigenvalue weighted by Gasteiger charge is -2.16. The quantitative estimate of drug-likeness (QED) is 0.606. The minimum absolute atomic E-state index is 0.238. The van der Waals surface area contributed by atoms with E-state index >= 15 is 0 Å². The number of hydrogen-bond donors (Lipinski definition) is 0. The van der Waals surface area contributed by atoms with Gasteiger partial charge >= 0.3 is 11.9 Å². The highest BCUT2D eigenvalue weighted by atomic mass is 16.6. The Labute approximate surface area is 128 Å². The molecule has 0 saturated carbocycles. The molecule has 114 valence electrons. The van der Waals surface area contributed by atoms with Crippen LogP contribution in [0.15, 0.2) is 54.7 Å². The zero-order chi connectivity index (χ0) is 15.8. The van der Waals surface area contributed by atoms with Crippen LogP contribution >= 0.6 is 0 Å². The summed E-state index contributed by atoms with van der Waals surface area (Å²) in [4.78, 5) is 28.1. The predicted octanol–water partition coefficient (Wildman–Crippen LogP) is 3.07. The van der Waals surface area contributed by atoms with Gasteiger partial charge in [-0.05, 0) is 30.7 Å². The van der Waals surface area contributed by atoms with Crippen molar-refractivity contribution in [3.05, 3.63) is 60.4 Å². The van der Waals surface area contributed by atoms with Crippen LogP contribution in [-0.2, 0) is 14.3 Å². The summed E-state index contributed by atoms with van der Waals surface area (Å²) in [7, 11) is 0. The summed E-state index contributed by atoms with van der Waals surface area (Å²) in [5.74, 6) is -0.738. The number of hydrogen-bond acceptors (Lipinski definition) is 5. The van der Waals surface area contributed by atoms with Crippen LogP contribution in [0.1, 0.15) is 31.6 Å². The van der Waals surface area contributed by atoms with Crippen LogP contribution < -0.4 is 4.74 Å². The average Bonchev–Trinajstić information content (AvgIpc) is 2.54. The normalized spacial score (nSPS) is 11.5. The van der Waals surface area contributed by atoms with Crippen molar-refractivity contribution in [2.45, 2.75) is 25.9 Å². The van der Waals surface area contributed by atoms with Gasteiger partial charge in [0.1, 0.15) is 5.75 Å². The van der Waals surface area contributed by atoms with E-state index in [2.05, 4.69) is 4.98 Å². The third kappa shape index (κ3) is 4.41. The van der Waals surface area contributed by atoms with Crippen molar-refractivity contribution in [3.8, 4) is 5.75 Å². The van der Waals surface area contributed by atoms with Crippen LogP contribution in [0.5, 0.6) is 5.75 Å². The molecule has 5 heteroatoms. The summed E-state index contributed by atoms with van der Waals surface area (Å²) < 4.78 is 10.5. The van der Waals surface area contributed by atoms with Crippen molar-refractivity contribution < 1.29 is 19.1 Å². The third-order valence-electron chi connectivity index (χ3n) is 2.84. The fourth-order valence-corrected chi connectivity index (χ4v) is 1.81. The van der Waals surface area contributed by atoms with Crippen molar-refractivity contribution in [2.24, 2.45) is 0 Å². The molecular weight excluding hydrogens is 282 g/mol. The molecule has 1 heterocycles. The number of nitrogens with zero attached hydrogens (tertiary/aromatic N) is 1. The van der Waals surface area contributed by atoms with Crippen molar-refractivity contribution >= 4 is 11.9 Å². The topological polar surface area (TPSA) is 65.5 Å². The van der Waals surface area contributed by atoms with Crippen molar-refractivity contribution in [1.82, 2.24) is 4.98 Å². The molecule has 2 rings (SSSR count). The summed E-state index contributed by atoms with van der Waals surface area (Å²) in [6, 6.07) is 13.7. The van der Waals surface area contributed by atoms with E-state index in [0.717, 1.165) is 0 Å². The van der Waals surface area contributed by atoms with E-state index in [4.69, 9.17) is 9.47 Å². The molecular formula is C17H17NO4. The van der Waals surface area contributed by atoms with Gasteiger partial charge in [0.15, 0.2) is 0 Å². The number of esters is 2. The molecule has 0 spiro atoms. The number of para-hydroxylation sites is 1. The lowest BCUT2D eigenvalue weighted by atomic mass is 10.2. The molecule has 0 aliphatic heterocycles. The van der Waals surface area contributed by atoms with E-state index in [1.165, 1.54) is 6.20 Å². The Bertz CT molecular complexity index is 613. The Morgan fingerprint density at radius 3 is 2.45 bits per heavy atom. The van der Waals surface area contributed by atoms with Gasteiger partial charge in [0, 0.05) is 12.6 Å². The van der Waals surface area contributed by atoms with Crippen molar-refractivity contribution in [1.29, 1.82) is 0 Å². The zero-order valence-corrected chi connectivity index (χ0v) is 12.3. The summed E-state index contributed by atoms with van der Waals surface area (Å²) in [5, 5.41) is 0. The van der Waals surface area contributed by atoms with E-state index < -0.39 is 18.0 Å². The van der Waals surface area contributed by atoms with Crippen LogP contribution in [-0.4, -0.2) is 16.9 Å². The van der Waals surface area contributed by atoms with Gasteiger partial charge in [-0.2, -0.15) is 0 Å². The molecule has 0 aliphatic rings. The lowest BCUT2D eigenvalue weighted by molar-refractivity contribution is -0.163. The van der Waals surface area contributed by atoms with Gasteiger partial charge in [0.25, 0.3) is 0 Å². The Kier molecular flexibility index (Phi) is 5.65. The standard InChI is InChI=1S/C17H17NO4/c1-2-8-15(19)22-16(14-11-6-7-12-18-14)17(20)21-13-9-4-3-5-10-13/h3-7,9-12,16H,2,8H2,1H3. The largest absolute Gasteiger partial charge is 0.444 e. The van der Waals surface area contributed by atoms with Gasteiger partial charge in [0.2, 0.25) is 6.10 Å². The fourth-order valence-electron chi connectivity index (χ4n) is 1.81. The first-order valence-electron chi connectivity index (χ1n) is 7.08. The van der Waals surface area contributed by atoms with Crippen LogP contribution in [0, 0.1) is 0 Å². The first-order chi connectivity index (χ1) is 10.7. The number of aromatic nitrogens is 1. The summed E-state index contributed by atoms with van der Waals surface area (Å²) in [5.41, 5.74) is 0.341. The maximum absolute atomic E-state index is 12.3. The minimum atomic E-state index is -1.17. The average molecular weight is 299 g/mol. The van der Waals surface area contributed by atoms with E-state index in [9.17, 15) is 9.59 Å². The van der Waals surface area contributed by atoms with Gasteiger partial charge in [-0.25, -0.2) is 4.79 Å². The summed E-state index contributed by atoms with van der Waals surface area (Å²) in [6.07, 6.45) is 1.25. The number of carbonyl (C=O) groups is 2. The Morgan fingerprint density at radius 1 is 1.09 bits per heavy atom. The second-order valence-corrected chi connectivity index (χ2v) is 4.61. The molecule has 0 N–H and O–H groups in total. The number of benzene rings is 1. The van der Waals surface area contributed by atoms with Gasteiger partial charge in [-0.1, -0.05) is 31.2 Å². The molecule has 1 unspecified atom stereocenters. The molecule has 1 aromatic heterocycles. The summed E-state index contributed by atoms with van der Waals surface area (Å²) >= 11 is 0. The van der Waals surface area contributed by atoms with E-state index in [0.29, 0.717) is 17.9 Å². The van der Waals surface area contributed by atoms with E-state index in [1.54, 1.807) is 42.5 Å². The number of pyridine rings is 1. The minimum Gasteiger partial charge on any atom is -0.444 e. The first kappa shape index (κ1) is 15.7. The number of ether oxygens (including phenoxy) is 2. The monoisotopic (exact) mass is 299 g/mol. The molecule has 0 aliphatic carbocycles. The Morgan fingerprint density at radius 2 is 1.82 bits per heavy atom. The van der Waals surface area contributed by atoms with Crippen LogP contribution in [0.4, 0.5) is 0 Å². The summed E-state index contributed by atoms with van der Waals surface area (Å²) in [6.45, 7) is 1.86. The number of rotatable bonds is 6. The van der Waals surface area contributed by atoms with Gasteiger partial charge < -0.3 is 9.47 Å². The SMILES string of the molecule is CCCC(=O)OC(C(=O)Oc1ccccc1)c1ccccn1. The predicted molar refractivity (Wildman–Crippen MR) is 80.1 cm³/mol. The molecule has 1 atom stereocenters. The fraction of sp³-hybridized carbons (Fsp3) is 0.235. The highest BCUT2D eigenvalue weighted by Crippen LogP contribution is 2.20. The molecule has 22 heavy (non-hydrogen) atoms. The van der Waals surface area contributed by atoms with E-state index in [1.807, 2.05) is 13.0 Å². The van der Waals surface area contributed by atoms with Gasteiger partial charge in [0.05, 0.1) is 5.69 Å². The molecule has 5 nitrogen and oxygen atoms in total. The molecule has 0 saturated heterocycles. The van der Waals surface area contributed by atoms with Gasteiger partial charge in [-0.15, -0.1) is 0 Å². The third-order valence-corrected chi connectivity index (χ3v) is 2.84. The maximum Gasteiger partial charge on any atom is 0.359 e. The molecule has 0 amide bonds. The molecule has 0 fully saturated rings. The Hall–Kier alpha value is -2.69. The lowest BCUT2D eigenvalue weighted by Crippen LogP contribution is -2.24. The molecule has 0 radical (unpaired) electrons. The van der Waals surface area contributed by atoms with Gasteiger partial charge in [-0.3, -0.25) is 9.78 Å². The Balaban J connectivity index is 2.16. The van der Waals surface area contributed by atoms with Crippen LogP contribution in [0.25, 0.3) is 0 Å². The molecule has 2 aromatic rings. The number of carbonyl (C=O) groups excluding carboxylic acids is 2. The highest BCUT2D eigenvalue weighted by molar-refractivity contribution is 5.81. The molecule has 0 bridgehead atoms.